The molecule has 2 aliphatic rings. The number of hydrogen-bond acceptors (Lipinski definition) is 2. The standard InChI is InChI=1S/C10H19N3O/c1-2-4-12-9(14)13-5-3-10(8-13)6-11-7-10/h11H,2-8H2,1H3,(H,12,14). The molecule has 2 N–H and O–H groups in total. The van der Waals surface area contributed by atoms with Gasteiger partial charge in [-0.25, -0.2) is 4.79 Å². The van der Waals surface area contributed by atoms with Crippen molar-refractivity contribution in [1.82, 2.24) is 15.5 Å². The van der Waals surface area contributed by atoms with Crippen LogP contribution >= 0.6 is 0 Å². The summed E-state index contributed by atoms with van der Waals surface area (Å²) in [6.07, 6.45) is 2.17. The van der Waals surface area contributed by atoms with Crippen LogP contribution in [0.4, 0.5) is 4.79 Å². The molecule has 2 rings (SSSR count). The van der Waals surface area contributed by atoms with Crippen LogP contribution < -0.4 is 10.6 Å². The molecule has 2 aliphatic heterocycles. The maximum absolute atomic E-state index is 11.6. The van der Waals surface area contributed by atoms with Gasteiger partial charge < -0.3 is 15.5 Å². The van der Waals surface area contributed by atoms with E-state index in [0.717, 1.165) is 39.1 Å². The first kappa shape index (κ1) is 9.77. The Morgan fingerprint density at radius 2 is 2.36 bits per heavy atom. The predicted molar refractivity (Wildman–Crippen MR) is 55.2 cm³/mol. The molecular formula is C10H19N3O. The van der Waals surface area contributed by atoms with Gasteiger partial charge in [-0.1, -0.05) is 6.92 Å². The van der Waals surface area contributed by atoms with Gasteiger partial charge in [-0.15, -0.1) is 0 Å². The van der Waals surface area contributed by atoms with Crippen molar-refractivity contribution in [3.05, 3.63) is 0 Å². The lowest BCUT2D eigenvalue weighted by Crippen LogP contribution is -2.55. The summed E-state index contributed by atoms with van der Waals surface area (Å²) in [5, 5.41) is 6.21. The Balaban J connectivity index is 1.79. The molecular weight excluding hydrogens is 178 g/mol. The van der Waals surface area contributed by atoms with Crippen molar-refractivity contribution in [1.29, 1.82) is 0 Å². The van der Waals surface area contributed by atoms with Gasteiger partial charge >= 0.3 is 6.03 Å². The van der Waals surface area contributed by atoms with Gasteiger partial charge in [0.05, 0.1) is 0 Å². The first-order valence-corrected chi connectivity index (χ1v) is 5.49. The Morgan fingerprint density at radius 3 is 2.86 bits per heavy atom. The number of hydrogen-bond donors (Lipinski definition) is 2. The maximum atomic E-state index is 11.6. The van der Waals surface area contributed by atoms with Crippen LogP contribution in [-0.4, -0.2) is 43.7 Å². The van der Waals surface area contributed by atoms with Crippen molar-refractivity contribution >= 4 is 6.03 Å². The third-order valence-corrected chi connectivity index (χ3v) is 3.25. The SMILES string of the molecule is CCCNC(=O)N1CCC2(CNC2)C1. The minimum Gasteiger partial charge on any atom is -0.338 e. The van der Waals surface area contributed by atoms with E-state index in [4.69, 9.17) is 0 Å². The molecule has 0 aliphatic carbocycles. The average molecular weight is 197 g/mol. The maximum Gasteiger partial charge on any atom is 0.317 e. The van der Waals surface area contributed by atoms with Gasteiger partial charge in [0.2, 0.25) is 0 Å². The summed E-state index contributed by atoms with van der Waals surface area (Å²) >= 11 is 0. The largest absolute Gasteiger partial charge is 0.338 e. The van der Waals surface area contributed by atoms with E-state index in [-0.39, 0.29) is 6.03 Å². The molecule has 4 heteroatoms. The molecule has 0 atom stereocenters. The highest BCUT2D eigenvalue weighted by Gasteiger charge is 2.44. The molecule has 2 heterocycles. The normalized spacial score (nSPS) is 23.6. The topological polar surface area (TPSA) is 44.4 Å². The number of carbonyl (C=O) groups excluding carboxylic acids is 1. The highest BCUT2D eigenvalue weighted by Crippen LogP contribution is 2.33. The summed E-state index contributed by atoms with van der Waals surface area (Å²) in [6, 6.07) is 0.121. The van der Waals surface area contributed by atoms with E-state index in [1.54, 1.807) is 0 Å². The van der Waals surface area contributed by atoms with Gasteiger partial charge in [-0.2, -0.15) is 0 Å². The molecule has 14 heavy (non-hydrogen) atoms. The summed E-state index contributed by atoms with van der Waals surface area (Å²) in [5.74, 6) is 0. The minimum absolute atomic E-state index is 0.121. The minimum atomic E-state index is 0.121. The molecule has 0 radical (unpaired) electrons. The fourth-order valence-corrected chi connectivity index (χ4v) is 2.22. The van der Waals surface area contributed by atoms with E-state index in [1.807, 2.05) is 4.90 Å². The lowest BCUT2D eigenvalue weighted by Gasteiger charge is -2.38. The van der Waals surface area contributed by atoms with Gasteiger partial charge in [0.25, 0.3) is 0 Å². The van der Waals surface area contributed by atoms with Crippen molar-refractivity contribution in [3.63, 3.8) is 0 Å². The van der Waals surface area contributed by atoms with Crippen LogP contribution in [0.3, 0.4) is 0 Å². The monoisotopic (exact) mass is 197 g/mol. The Hall–Kier alpha value is -0.770. The Kier molecular flexibility index (Phi) is 2.63. The van der Waals surface area contributed by atoms with E-state index >= 15 is 0 Å². The number of urea groups is 1. The van der Waals surface area contributed by atoms with Crippen molar-refractivity contribution in [2.75, 3.05) is 32.7 Å². The van der Waals surface area contributed by atoms with Crippen LogP contribution in [0, 0.1) is 5.41 Å². The molecule has 0 unspecified atom stereocenters. The molecule has 0 aromatic heterocycles. The first-order valence-electron chi connectivity index (χ1n) is 5.49. The van der Waals surface area contributed by atoms with Gasteiger partial charge in [-0.05, 0) is 12.8 Å². The summed E-state index contributed by atoms with van der Waals surface area (Å²) in [6.45, 7) is 6.91. The Labute approximate surface area is 85.0 Å². The number of likely N-dealkylation sites (tertiary alicyclic amines) is 1. The number of carbonyl (C=O) groups is 1. The second-order valence-corrected chi connectivity index (χ2v) is 4.51. The average Bonchev–Trinajstić information content (AvgIpc) is 2.58. The number of nitrogens with zero attached hydrogens (tertiary/aromatic N) is 1. The van der Waals surface area contributed by atoms with Crippen molar-refractivity contribution in [2.24, 2.45) is 5.41 Å². The molecule has 80 valence electrons. The lowest BCUT2D eigenvalue weighted by atomic mass is 9.81. The van der Waals surface area contributed by atoms with Crippen molar-refractivity contribution in [3.8, 4) is 0 Å². The summed E-state index contributed by atoms with van der Waals surface area (Å²) in [7, 11) is 0. The van der Waals surface area contributed by atoms with Crippen LogP contribution in [0.5, 0.6) is 0 Å². The molecule has 0 aromatic rings. The second kappa shape index (κ2) is 3.77. The van der Waals surface area contributed by atoms with Crippen molar-refractivity contribution in [2.45, 2.75) is 19.8 Å². The Morgan fingerprint density at radius 1 is 1.57 bits per heavy atom. The highest BCUT2D eigenvalue weighted by atomic mass is 16.2. The van der Waals surface area contributed by atoms with Crippen LogP contribution in [-0.2, 0) is 0 Å². The van der Waals surface area contributed by atoms with Gasteiger partial charge in [0.15, 0.2) is 0 Å². The third kappa shape index (κ3) is 1.71. The van der Waals surface area contributed by atoms with Crippen LogP contribution in [0.25, 0.3) is 0 Å². The summed E-state index contributed by atoms with van der Waals surface area (Å²) < 4.78 is 0. The Bertz CT molecular complexity index is 225. The highest BCUT2D eigenvalue weighted by molar-refractivity contribution is 5.74. The fraction of sp³-hybridized carbons (Fsp3) is 0.900. The van der Waals surface area contributed by atoms with Gasteiger partial charge in [0.1, 0.15) is 0 Å². The summed E-state index contributed by atoms with van der Waals surface area (Å²) in [4.78, 5) is 13.6. The van der Waals surface area contributed by atoms with Crippen LogP contribution in [0.2, 0.25) is 0 Å². The number of amides is 2. The quantitative estimate of drug-likeness (QED) is 0.673. The van der Waals surface area contributed by atoms with E-state index in [0.29, 0.717) is 5.41 Å². The second-order valence-electron chi connectivity index (χ2n) is 4.51. The molecule has 4 nitrogen and oxygen atoms in total. The third-order valence-electron chi connectivity index (χ3n) is 3.25. The zero-order valence-electron chi connectivity index (χ0n) is 8.81. The van der Waals surface area contributed by atoms with E-state index in [1.165, 1.54) is 6.42 Å². The molecule has 2 saturated heterocycles. The van der Waals surface area contributed by atoms with E-state index in [2.05, 4.69) is 17.6 Å². The molecule has 0 bridgehead atoms. The first-order chi connectivity index (χ1) is 6.76. The molecule has 2 fully saturated rings. The van der Waals surface area contributed by atoms with Gasteiger partial charge in [0, 0.05) is 38.1 Å². The number of nitrogens with one attached hydrogen (secondary N) is 2. The van der Waals surface area contributed by atoms with Crippen LogP contribution in [0.1, 0.15) is 19.8 Å². The van der Waals surface area contributed by atoms with Crippen LogP contribution in [0.15, 0.2) is 0 Å². The van der Waals surface area contributed by atoms with Crippen molar-refractivity contribution < 1.29 is 4.79 Å². The van der Waals surface area contributed by atoms with Gasteiger partial charge in [-0.3, -0.25) is 0 Å². The zero-order chi connectivity index (χ0) is 10.0. The molecule has 0 aromatic carbocycles. The smallest absolute Gasteiger partial charge is 0.317 e. The molecule has 2 amide bonds. The predicted octanol–water partition coefficient (Wildman–Crippen LogP) is 0.401. The number of rotatable bonds is 2. The van der Waals surface area contributed by atoms with E-state index in [9.17, 15) is 4.79 Å². The molecule has 1 spiro atoms. The zero-order valence-corrected chi connectivity index (χ0v) is 8.81. The fourth-order valence-electron chi connectivity index (χ4n) is 2.22. The van der Waals surface area contributed by atoms with E-state index < -0.39 is 0 Å². The summed E-state index contributed by atoms with van der Waals surface area (Å²) in [5.41, 5.74) is 0.420. The molecule has 0 saturated carbocycles. The lowest BCUT2D eigenvalue weighted by molar-refractivity contribution is 0.166.